The fraction of sp³-hybridized carbons (Fsp3) is 0.412. The number of rotatable bonds is 5. The second-order valence-corrected chi connectivity index (χ2v) is 5.59. The molecule has 6 nitrogen and oxygen atoms in total. The molecule has 0 radical (unpaired) electrons. The average molecular weight is 314 g/mol. The Morgan fingerprint density at radius 3 is 2.57 bits per heavy atom. The van der Waals surface area contributed by atoms with E-state index in [1.54, 1.807) is 26.6 Å². The lowest BCUT2D eigenvalue weighted by atomic mass is 10.1. The van der Waals surface area contributed by atoms with E-state index < -0.39 is 0 Å². The number of hydrogen-bond acceptors (Lipinski definition) is 6. The van der Waals surface area contributed by atoms with Gasteiger partial charge in [-0.05, 0) is 12.8 Å². The van der Waals surface area contributed by atoms with Gasteiger partial charge in [0.25, 0.3) is 0 Å². The summed E-state index contributed by atoms with van der Waals surface area (Å²) in [5.74, 6) is 2.50. The van der Waals surface area contributed by atoms with Gasteiger partial charge in [0.2, 0.25) is 0 Å². The van der Waals surface area contributed by atoms with Crippen LogP contribution in [0.15, 0.2) is 36.8 Å². The van der Waals surface area contributed by atoms with Gasteiger partial charge in [-0.1, -0.05) is 0 Å². The molecule has 0 amide bonds. The average Bonchev–Trinajstić information content (AvgIpc) is 2.62. The third-order valence-corrected chi connectivity index (χ3v) is 4.02. The second-order valence-electron chi connectivity index (χ2n) is 5.59. The third-order valence-electron chi connectivity index (χ3n) is 4.02. The Morgan fingerprint density at radius 2 is 1.91 bits per heavy atom. The fourth-order valence-electron chi connectivity index (χ4n) is 2.88. The lowest BCUT2D eigenvalue weighted by Gasteiger charge is -2.34. The lowest BCUT2D eigenvalue weighted by Crippen LogP contribution is -2.42. The number of nitrogens with zero attached hydrogens (tertiary/aromatic N) is 3. The van der Waals surface area contributed by atoms with Crippen molar-refractivity contribution in [3.05, 3.63) is 36.8 Å². The Hall–Kier alpha value is -2.50. The van der Waals surface area contributed by atoms with E-state index in [4.69, 9.17) is 9.47 Å². The minimum atomic E-state index is 0.350. The summed E-state index contributed by atoms with van der Waals surface area (Å²) >= 11 is 0. The highest BCUT2D eigenvalue weighted by Gasteiger charge is 2.21. The zero-order chi connectivity index (χ0) is 16.1. The van der Waals surface area contributed by atoms with E-state index >= 15 is 0 Å². The maximum atomic E-state index is 5.33. The largest absolute Gasteiger partial charge is 0.497 e. The molecule has 1 aliphatic heterocycles. The van der Waals surface area contributed by atoms with Crippen LogP contribution >= 0.6 is 0 Å². The molecular weight excluding hydrogens is 292 g/mol. The first-order valence-corrected chi connectivity index (χ1v) is 7.79. The van der Waals surface area contributed by atoms with Gasteiger partial charge in [0.15, 0.2) is 0 Å². The molecule has 0 bridgehead atoms. The molecule has 1 atom stereocenters. The predicted octanol–water partition coefficient (Wildman–Crippen LogP) is 2.57. The van der Waals surface area contributed by atoms with Gasteiger partial charge in [0.1, 0.15) is 17.3 Å². The van der Waals surface area contributed by atoms with Gasteiger partial charge >= 0.3 is 0 Å². The fourth-order valence-corrected chi connectivity index (χ4v) is 2.88. The number of ether oxygens (including phenoxy) is 2. The Morgan fingerprint density at radius 1 is 1.13 bits per heavy atom. The van der Waals surface area contributed by atoms with E-state index in [0.717, 1.165) is 48.9 Å². The summed E-state index contributed by atoms with van der Waals surface area (Å²) in [7, 11) is 3.32. The van der Waals surface area contributed by atoms with Gasteiger partial charge in [-0.2, -0.15) is 0 Å². The van der Waals surface area contributed by atoms with E-state index in [2.05, 4.69) is 20.2 Å². The van der Waals surface area contributed by atoms with Gasteiger partial charge in [0.05, 0.1) is 20.4 Å². The number of anilines is 2. The van der Waals surface area contributed by atoms with Crippen LogP contribution in [0, 0.1) is 0 Å². The van der Waals surface area contributed by atoms with Crippen LogP contribution in [0.25, 0.3) is 0 Å². The molecule has 0 saturated carbocycles. The van der Waals surface area contributed by atoms with Crippen LogP contribution in [-0.4, -0.2) is 43.3 Å². The number of hydrogen-bond donors (Lipinski definition) is 1. The zero-order valence-electron chi connectivity index (χ0n) is 13.5. The van der Waals surface area contributed by atoms with Gasteiger partial charge in [-0.15, -0.1) is 0 Å². The van der Waals surface area contributed by atoms with Gasteiger partial charge < -0.3 is 19.7 Å². The molecule has 1 aromatic carbocycles. The van der Waals surface area contributed by atoms with Crippen LogP contribution in [-0.2, 0) is 0 Å². The van der Waals surface area contributed by atoms with Crippen LogP contribution in [0.3, 0.4) is 0 Å². The van der Waals surface area contributed by atoms with Crippen molar-refractivity contribution >= 4 is 11.5 Å². The molecule has 1 unspecified atom stereocenters. The molecule has 6 heteroatoms. The smallest absolute Gasteiger partial charge is 0.147 e. The molecule has 3 rings (SSSR count). The van der Waals surface area contributed by atoms with Crippen molar-refractivity contribution in [2.75, 3.05) is 37.5 Å². The normalized spacial score (nSPS) is 17.7. The first-order valence-electron chi connectivity index (χ1n) is 7.79. The maximum absolute atomic E-state index is 5.33. The SMILES string of the molecule is COc1cc(NC2CCCN(c3cnccn3)C2)cc(OC)c1. The molecule has 2 aromatic rings. The lowest BCUT2D eigenvalue weighted by molar-refractivity contribution is 0.394. The maximum Gasteiger partial charge on any atom is 0.147 e. The molecule has 0 spiro atoms. The quantitative estimate of drug-likeness (QED) is 0.915. The van der Waals surface area contributed by atoms with Gasteiger partial charge in [-0.25, -0.2) is 4.98 Å². The van der Waals surface area contributed by atoms with Crippen LogP contribution in [0.1, 0.15) is 12.8 Å². The summed E-state index contributed by atoms with van der Waals surface area (Å²) in [5.41, 5.74) is 1.01. The summed E-state index contributed by atoms with van der Waals surface area (Å²) in [6.07, 6.45) is 7.49. The zero-order valence-corrected chi connectivity index (χ0v) is 13.5. The molecule has 1 saturated heterocycles. The van der Waals surface area contributed by atoms with Crippen LogP contribution in [0.4, 0.5) is 11.5 Å². The van der Waals surface area contributed by atoms with Crippen molar-refractivity contribution in [2.45, 2.75) is 18.9 Å². The summed E-state index contributed by atoms with van der Waals surface area (Å²) in [4.78, 5) is 10.8. The molecule has 1 fully saturated rings. The number of piperidine rings is 1. The highest BCUT2D eigenvalue weighted by atomic mass is 16.5. The summed E-state index contributed by atoms with van der Waals surface area (Å²) in [6, 6.07) is 6.20. The van der Waals surface area contributed by atoms with Crippen LogP contribution < -0.4 is 19.7 Å². The van der Waals surface area contributed by atoms with Crippen molar-refractivity contribution in [3.63, 3.8) is 0 Å². The molecule has 2 heterocycles. The van der Waals surface area contributed by atoms with E-state index in [0.29, 0.717) is 6.04 Å². The Bertz CT molecular complexity index is 613. The molecule has 122 valence electrons. The first-order chi connectivity index (χ1) is 11.3. The van der Waals surface area contributed by atoms with Crippen molar-refractivity contribution in [1.82, 2.24) is 9.97 Å². The van der Waals surface area contributed by atoms with Crippen LogP contribution in [0.5, 0.6) is 11.5 Å². The number of aromatic nitrogens is 2. The minimum absolute atomic E-state index is 0.350. The Balaban J connectivity index is 1.70. The Kier molecular flexibility index (Phi) is 4.80. The molecule has 0 aliphatic carbocycles. The number of methoxy groups -OCH3 is 2. The third kappa shape index (κ3) is 3.83. The summed E-state index contributed by atoms with van der Waals surface area (Å²) in [5, 5.41) is 3.58. The topological polar surface area (TPSA) is 59.5 Å². The number of nitrogens with one attached hydrogen (secondary N) is 1. The van der Waals surface area contributed by atoms with Crippen molar-refractivity contribution in [1.29, 1.82) is 0 Å². The summed E-state index contributed by atoms with van der Waals surface area (Å²) < 4.78 is 10.7. The number of benzene rings is 1. The highest BCUT2D eigenvalue weighted by Crippen LogP contribution is 2.27. The second kappa shape index (κ2) is 7.17. The highest BCUT2D eigenvalue weighted by molar-refractivity contribution is 5.54. The van der Waals surface area contributed by atoms with E-state index in [-0.39, 0.29) is 0 Å². The van der Waals surface area contributed by atoms with Crippen molar-refractivity contribution in [3.8, 4) is 11.5 Å². The molecule has 23 heavy (non-hydrogen) atoms. The van der Waals surface area contributed by atoms with E-state index in [9.17, 15) is 0 Å². The monoisotopic (exact) mass is 314 g/mol. The molecule has 1 aromatic heterocycles. The van der Waals surface area contributed by atoms with E-state index in [1.807, 2.05) is 24.4 Å². The predicted molar refractivity (Wildman–Crippen MR) is 90.4 cm³/mol. The molecular formula is C17H22N4O2. The van der Waals surface area contributed by atoms with Gasteiger partial charge in [0, 0.05) is 55.4 Å². The minimum Gasteiger partial charge on any atom is -0.497 e. The summed E-state index contributed by atoms with van der Waals surface area (Å²) in [6.45, 7) is 1.91. The molecule has 1 aliphatic rings. The standard InChI is InChI=1S/C17H22N4O2/c1-22-15-8-14(9-16(10-15)23-2)20-13-4-3-7-21(12-13)17-11-18-5-6-19-17/h5-6,8-11,13,20H,3-4,7,12H2,1-2H3. The first kappa shape index (κ1) is 15.4. The van der Waals surface area contributed by atoms with Crippen LogP contribution in [0.2, 0.25) is 0 Å². The van der Waals surface area contributed by atoms with Crippen molar-refractivity contribution in [2.24, 2.45) is 0 Å². The molecule has 1 N–H and O–H groups in total. The van der Waals surface area contributed by atoms with Crippen molar-refractivity contribution < 1.29 is 9.47 Å². The Labute approximate surface area is 136 Å². The van der Waals surface area contributed by atoms with Gasteiger partial charge in [-0.3, -0.25) is 4.98 Å². The van der Waals surface area contributed by atoms with E-state index in [1.165, 1.54) is 0 Å².